The van der Waals surface area contributed by atoms with E-state index in [4.69, 9.17) is 4.74 Å². The van der Waals surface area contributed by atoms with Crippen LogP contribution in [0.4, 0.5) is 16.3 Å². The number of ether oxygens (including phenoxy) is 1. The van der Waals surface area contributed by atoms with Crippen molar-refractivity contribution in [1.29, 1.82) is 5.26 Å². The van der Waals surface area contributed by atoms with Crippen LogP contribution in [0.1, 0.15) is 23.1 Å². The summed E-state index contributed by atoms with van der Waals surface area (Å²) in [6, 6.07) is 15.0. The minimum Gasteiger partial charge on any atom is -0.497 e. The average Bonchev–Trinajstić information content (AvgIpc) is 2.73. The molecule has 1 heterocycles. The van der Waals surface area contributed by atoms with Crippen LogP contribution in [-0.4, -0.2) is 31.2 Å². The second-order valence-corrected chi connectivity index (χ2v) is 7.03. The van der Waals surface area contributed by atoms with Gasteiger partial charge < -0.3 is 20.7 Å². The van der Waals surface area contributed by atoms with Crippen molar-refractivity contribution in [2.24, 2.45) is 0 Å². The van der Waals surface area contributed by atoms with Crippen molar-refractivity contribution < 1.29 is 9.53 Å². The maximum atomic E-state index is 12.0. The number of methoxy groups -OCH3 is 1. The maximum absolute atomic E-state index is 12.0. The molecule has 30 heavy (non-hydrogen) atoms. The van der Waals surface area contributed by atoms with E-state index in [0.717, 1.165) is 27.8 Å². The fourth-order valence-electron chi connectivity index (χ4n) is 3.20. The first-order valence-electron chi connectivity index (χ1n) is 9.75. The fraction of sp³-hybridized carbons (Fsp3) is 0.261. The van der Waals surface area contributed by atoms with Crippen LogP contribution in [0, 0.1) is 25.2 Å². The van der Waals surface area contributed by atoms with Gasteiger partial charge in [-0.25, -0.2) is 9.78 Å². The number of nitrogens with one attached hydrogen (secondary N) is 3. The highest BCUT2D eigenvalue weighted by atomic mass is 16.5. The molecule has 0 spiro atoms. The molecule has 7 nitrogen and oxygen atoms in total. The van der Waals surface area contributed by atoms with E-state index in [1.54, 1.807) is 31.4 Å². The van der Waals surface area contributed by atoms with Crippen LogP contribution in [0.15, 0.2) is 42.5 Å². The van der Waals surface area contributed by atoms with Crippen molar-refractivity contribution in [2.75, 3.05) is 30.8 Å². The zero-order valence-corrected chi connectivity index (χ0v) is 17.4. The number of carbonyl (C=O) groups is 1. The number of aromatic nitrogens is 1. The van der Waals surface area contributed by atoms with Crippen molar-refractivity contribution in [2.45, 2.75) is 20.3 Å². The van der Waals surface area contributed by atoms with Crippen LogP contribution < -0.4 is 20.7 Å². The molecule has 3 aromatic rings. The minimum absolute atomic E-state index is 0.271. The topological polar surface area (TPSA) is 99.1 Å². The first-order valence-corrected chi connectivity index (χ1v) is 9.75. The Morgan fingerprint density at radius 2 is 1.90 bits per heavy atom. The summed E-state index contributed by atoms with van der Waals surface area (Å²) in [5, 5.41) is 19.2. The summed E-state index contributed by atoms with van der Waals surface area (Å²) in [7, 11) is 1.60. The Labute approximate surface area is 176 Å². The van der Waals surface area contributed by atoms with Gasteiger partial charge >= 0.3 is 6.03 Å². The Bertz CT molecular complexity index is 1090. The van der Waals surface area contributed by atoms with Gasteiger partial charge in [0, 0.05) is 24.2 Å². The van der Waals surface area contributed by atoms with Crippen molar-refractivity contribution in [3.63, 3.8) is 0 Å². The van der Waals surface area contributed by atoms with Crippen molar-refractivity contribution in [3.8, 4) is 11.8 Å². The third-order valence-corrected chi connectivity index (χ3v) is 4.69. The van der Waals surface area contributed by atoms with Crippen LogP contribution in [0.5, 0.6) is 5.75 Å². The molecule has 0 bridgehead atoms. The molecule has 154 valence electrons. The zero-order valence-electron chi connectivity index (χ0n) is 17.4. The number of rotatable bonds is 7. The van der Waals surface area contributed by atoms with E-state index in [9.17, 15) is 10.1 Å². The van der Waals surface area contributed by atoms with E-state index in [-0.39, 0.29) is 6.03 Å². The van der Waals surface area contributed by atoms with Crippen molar-refractivity contribution in [1.82, 2.24) is 10.3 Å². The number of amides is 2. The van der Waals surface area contributed by atoms with Crippen LogP contribution in [0.3, 0.4) is 0 Å². The first-order chi connectivity index (χ1) is 14.5. The van der Waals surface area contributed by atoms with Crippen LogP contribution in [0.2, 0.25) is 0 Å². The van der Waals surface area contributed by atoms with E-state index < -0.39 is 0 Å². The molecule has 0 aliphatic rings. The lowest BCUT2D eigenvalue weighted by Gasteiger charge is -2.11. The van der Waals surface area contributed by atoms with E-state index in [0.29, 0.717) is 36.6 Å². The predicted molar refractivity (Wildman–Crippen MR) is 119 cm³/mol. The summed E-state index contributed by atoms with van der Waals surface area (Å²) < 4.78 is 5.09. The van der Waals surface area contributed by atoms with Gasteiger partial charge in [0.2, 0.25) is 0 Å². The molecule has 0 unspecified atom stereocenters. The van der Waals surface area contributed by atoms with Gasteiger partial charge in [-0.15, -0.1) is 0 Å². The lowest BCUT2D eigenvalue weighted by Crippen LogP contribution is -2.30. The Balaban J connectivity index is 1.50. The third kappa shape index (κ3) is 5.17. The molecule has 0 atom stereocenters. The highest BCUT2D eigenvalue weighted by Crippen LogP contribution is 2.24. The summed E-state index contributed by atoms with van der Waals surface area (Å²) >= 11 is 0. The quantitative estimate of drug-likeness (QED) is 0.509. The molecular weight excluding hydrogens is 378 g/mol. The smallest absolute Gasteiger partial charge is 0.319 e. The maximum Gasteiger partial charge on any atom is 0.319 e. The van der Waals surface area contributed by atoms with Crippen LogP contribution >= 0.6 is 0 Å². The number of fused-ring (bicyclic) bond motifs is 1. The number of pyridine rings is 1. The summed E-state index contributed by atoms with van der Waals surface area (Å²) in [6.07, 6.45) is 0.688. The molecule has 7 heteroatoms. The predicted octanol–water partition coefficient (Wildman–Crippen LogP) is 4.36. The Morgan fingerprint density at radius 1 is 1.13 bits per heavy atom. The van der Waals surface area contributed by atoms with Crippen LogP contribution in [-0.2, 0) is 0 Å². The van der Waals surface area contributed by atoms with Gasteiger partial charge in [-0.2, -0.15) is 5.26 Å². The second kappa shape index (κ2) is 9.61. The Kier molecular flexibility index (Phi) is 6.71. The molecule has 0 saturated carbocycles. The van der Waals surface area contributed by atoms with E-state index in [2.05, 4.69) is 33.1 Å². The molecule has 3 rings (SSSR count). The lowest BCUT2D eigenvalue weighted by atomic mass is 10.0. The number of benzene rings is 2. The highest BCUT2D eigenvalue weighted by molar-refractivity contribution is 5.89. The zero-order chi connectivity index (χ0) is 21.5. The van der Waals surface area contributed by atoms with E-state index in [1.807, 2.05) is 26.0 Å². The Hall–Kier alpha value is -3.79. The highest BCUT2D eigenvalue weighted by Gasteiger charge is 2.09. The summed E-state index contributed by atoms with van der Waals surface area (Å²) in [5.41, 5.74) is 4.31. The largest absolute Gasteiger partial charge is 0.497 e. The van der Waals surface area contributed by atoms with Gasteiger partial charge in [0.15, 0.2) is 0 Å². The minimum atomic E-state index is -0.271. The second-order valence-electron chi connectivity index (χ2n) is 7.03. The van der Waals surface area contributed by atoms with E-state index in [1.165, 1.54) is 0 Å². The summed E-state index contributed by atoms with van der Waals surface area (Å²) in [5.74, 6) is 1.30. The molecule has 2 aromatic carbocycles. The normalized spacial score (nSPS) is 10.3. The number of carbonyl (C=O) groups excluding carboxylic acids is 1. The standard InChI is InChI=1S/C23H25N5O2/c1-15-11-16(2)20-13-17(14-24)22(28-21(20)12-15)25-9-4-10-26-23(29)27-18-5-7-19(30-3)8-6-18/h5-8,11-13H,4,9-10H2,1-3H3,(H,25,28)(H2,26,27,29). The fourth-order valence-corrected chi connectivity index (χ4v) is 3.20. The Morgan fingerprint density at radius 3 is 2.60 bits per heavy atom. The lowest BCUT2D eigenvalue weighted by molar-refractivity contribution is 0.252. The number of nitriles is 1. The number of hydrogen-bond acceptors (Lipinski definition) is 5. The molecule has 0 saturated heterocycles. The van der Waals surface area contributed by atoms with Gasteiger partial charge in [-0.05, 0) is 67.8 Å². The van der Waals surface area contributed by atoms with E-state index >= 15 is 0 Å². The van der Waals surface area contributed by atoms with Crippen LogP contribution in [0.25, 0.3) is 10.9 Å². The third-order valence-electron chi connectivity index (χ3n) is 4.69. The molecule has 0 fully saturated rings. The molecule has 2 amide bonds. The number of aryl methyl sites for hydroxylation is 2. The van der Waals surface area contributed by atoms with Gasteiger partial charge in [0.1, 0.15) is 17.6 Å². The summed E-state index contributed by atoms with van der Waals surface area (Å²) in [4.78, 5) is 16.6. The van der Waals surface area contributed by atoms with Gasteiger partial charge in [0.05, 0.1) is 18.2 Å². The summed E-state index contributed by atoms with van der Waals surface area (Å²) in [6.45, 7) is 5.12. The van der Waals surface area contributed by atoms with Gasteiger partial charge in [0.25, 0.3) is 0 Å². The molecule has 0 aliphatic heterocycles. The number of urea groups is 1. The number of hydrogen-bond donors (Lipinski definition) is 3. The van der Waals surface area contributed by atoms with Gasteiger partial charge in [-0.3, -0.25) is 0 Å². The number of nitrogens with zero attached hydrogens (tertiary/aromatic N) is 2. The SMILES string of the molecule is COc1ccc(NC(=O)NCCCNc2nc3cc(C)cc(C)c3cc2C#N)cc1. The monoisotopic (exact) mass is 403 g/mol. The number of anilines is 2. The average molecular weight is 403 g/mol. The molecule has 3 N–H and O–H groups in total. The molecule has 1 aromatic heterocycles. The molecule has 0 aliphatic carbocycles. The van der Waals surface area contributed by atoms with Crippen molar-refractivity contribution >= 4 is 28.4 Å². The molecular formula is C23H25N5O2. The molecule has 0 radical (unpaired) electrons. The first kappa shape index (κ1) is 20.9. The van der Waals surface area contributed by atoms with Crippen molar-refractivity contribution in [3.05, 3.63) is 59.2 Å². The van der Waals surface area contributed by atoms with Gasteiger partial charge in [-0.1, -0.05) is 6.07 Å².